The first-order chi connectivity index (χ1) is 12.2. The molecule has 2 atom stereocenters. The molecule has 4 heteroatoms. The summed E-state index contributed by atoms with van der Waals surface area (Å²) >= 11 is 0. The molecule has 25 heavy (non-hydrogen) atoms. The summed E-state index contributed by atoms with van der Waals surface area (Å²) in [6.07, 6.45) is 7.28. The summed E-state index contributed by atoms with van der Waals surface area (Å²) in [5, 5.41) is 13.9. The van der Waals surface area contributed by atoms with Gasteiger partial charge in [-0.05, 0) is 35.3 Å². The number of phenolic OH excluding ortho intramolecular Hbond substituents is 1. The van der Waals surface area contributed by atoms with E-state index in [9.17, 15) is 9.90 Å². The van der Waals surface area contributed by atoms with E-state index in [1.807, 2.05) is 18.2 Å². The van der Waals surface area contributed by atoms with Crippen LogP contribution in [0, 0.1) is 11.8 Å². The molecule has 0 saturated carbocycles. The minimum atomic E-state index is -0.421. The molecule has 0 saturated heterocycles. The molecule has 0 unspecified atom stereocenters. The van der Waals surface area contributed by atoms with Gasteiger partial charge in [-0.2, -0.15) is 5.10 Å². The third kappa shape index (κ3) is 2.87. The number of rotatable bonds is 4. The Balaban J connectivity index is 1.56. The van der Waals surface area contributed by atoms with E-state index in [1.54, 1.807) is 24.4 Å². The van der Waals surface area contributed by atoms with Crippen LogP contribution < -0.4 is 5.43 Å². The highest BCUT2D eigenvalue weighted by molar-refractivity contribution is 5.99. The zero-order chi connectivity index (χ0) is 17.2. The molecule has 0 fully saturated rings. The molecule has 2 bridgehead atoms. The average Bonchev–Trinajstić information content (AvgIpc) is 3.24. The number of nitrogens with zero attached hydrogens (tertiary/aromatic N) is 1. The van der Waals surface area contributed by atoms with Gasteiger partial charge in [0.2, 0.25) is 0 Å². The van der Waals surface area contributed by atoms with Crippen molar-refractivity contribution in [3.8, 4) is 5.75 Å². The van der Waals surface area contributed by atoms with Crippen molar-refractivity contribution in [1.82, 2.24) is 5.43 Å². The molecule has 2 aliphatic carbocycles. The van der Waals surface area contributed by atoms with Crippen molar-refractivity contribution in [2.24, 2.45) is 16.9 Å². The highest BCUT2D eigenvalue weighted by atomic mass is 16.3. The summed E-state index contributed by atoms with van der Waals surface area (Å²) in [6.45, 7) is 0. The molecule has 4 rings (SSSR count). The van der Waals surface area contributed by atoms with Gasteiger partial charge in [0.15, 0.2) is 0 Å². The number of fused-ring (bicyclic) bond motifs is 2. The number of hydrogen-bond donors (Lipinski definition) is 2. The largest absolute Gasteiger partial charge is 0.507 e. The zero-order valence-electron chi connectivity index (χ0n) is 13.6. The van der Waals surface area contributed by atoms with Gasteiger partial charge in [0.05, 0.1) is 11.8 Å². The van der Waals surface area contributed by atoms with E-state index in [2.05, 4.69) is 34.8 Å². The summed E-state index contributed by atoms with van der Waals surface area (Å²) in [5.41, 5.74) is 6.36. The van der Waals surface area contributed by atoms with Gasteiger partial charge < -0.3 is 5.11 Å². The topological polar surface area (TPSA) is 61.7 Å². The number of aromatic hydroxyl groups is 1. The number of phenols is 1. The van der Waals surface area contributed by atoms with Gasteiger partial charge in [-0.1, -0.05) is 54.6 Å². The van der Waals surface area contributed by atoms with Crippen LogP contribution in [0.4, 0.5) is 0 Å². The second kappa shape index (κ2) is 6.40. The number of amides is 1. The number of hydrogen-bond acceptors (Lipinski definition) is 3. The summed E-state index contributed by atoms with van der Waals surface area (Å²) in [5.74, 6) is 0.297. The quantitative estimate of drug-likeness (QED) is 0.509. The maximum atomic E-state index is 12.1. The van der Waals surface area contributed by atoms with E-state index in [4.69, 9.17) is 0 Å². The lowest BCUT2D eigenvalue weighted by Gasteiger charge is -2.13. The fourth-order valence-electron chi connectivity index (χ4n) is 3.61. The maximum absolute atomic E-state index is 12.1. The van der Waals surface area contributed by atoms with Crippen LogP contribution in [0.2, 0.25) is 0 Å². The summed E-state index contributed by atoms with van der Waals surface area (Å²) < 4.78 is 0. The van der Waals surface area contributed by atoms with Crippen molar-refractivity contribution in [1.29, 1.82) is 0 Å². The molecule has 0 radical (unpaired) electrons. The van der Waals surface area contributed by atoms with E-state index in [0.717, 1.165) is 12.0 Å². The number of carbonyl (C=O) groups excluding carboxylic acids is 1. The van der Waals surface area contributed by atoms with E-state index >= 15 is 0 Å². The lowest BCUT2D eigenvalue weighted by molar-refractivity contribution is 0.0952. The van der Waals surface area contributed by atoms with E-state index in [0.29, 0.717) is 11.8 Å². The Morgan fingerprint density at radius 1 is 1.04 bits per heavy atom. The fraction of sp³-hybridized carbons (Fsp3) is 0.143. The highest BCUT2D eigenvalue weighted by Crippen LogP contribution is 2.47. The zero-order valence-corrected chi connectivity index (χ0v) is 13.6. The lowest BCUT2D eigenvalue weighted by atomic mass is 9.92. The molecule has 2 N–H and O–H groups in total. The lowest BCUT2D eigenvalue weighted by Crippen LogP contribution is -2.18. The summed E-state index contributed by atoms with van der Waals surface area (Å²) in [7, 11) is 0. The van der Waals surface area contributed by atoms with Gasteiger partial charge in [0.25, 0.3) is 5.91 Å². The summed E-state index contributed by atoms with van der Waals surface area (Å²) in [4.78, 5) is 12.1. The van der Waals surface area contributed by atoms with Crippen LogP contribution in [0.1, 0.15) is 22.3 Å². The van der Waals surface area contributed by atoms with E-state index in [-0.39, 0.29) is 11.3 Å². The Labute approximate surface area is 146 Å². The van der Waals surface area contributed by atoms with Crippen molar-refractivity contribution in [3.63, 3.8) is 0 Å². The molecule has 0 spiro atoms. The number of hydrazone groups is 1. The molecule has 124 valence electrons. The number of allylic oxidation sites excluding steroid dienone is 4. The molecular weight excluding hydrogens is 312 g/mol. The minimum Gasteiger partial charge on any atom is -0.507 e. The maximum Gasteiger partial charge on any atom is 0.275 e. The molecule has 0 aliphatic heterocycles. The SMILES string of the molecule is O=C(N/N=C\C1=C(c2ccccc2)[C@@H]2C=C[C@H]1C2)c1ccccc1O. The predicted octanol–water partition coefficient (Wildman–Crippen LogP) is 3.77. The Kier molecular flexibility index (Phi) is 3.94. The van der Waals surface area contributed by atoms with Crippen molar-refractivity contribution < 1.29 is 9.90 Å². The van der Waals surface area contributed by atoms with Gasteiger partial charge in [-0.3, -0.25) is 4.79 Å². The van der Waals surface area contributed by atoms with Crippen molar-refractivity contribution in [2.75, 3.05) is 0 Å². The molecule has 1 amide bonds. The van der Waals surface area contributed by atoms with E-state index < -0.39 is 5.91 Å². The van der Waals surface area contributed by atoms with Gasteiger partial charge >= 0.3 is 0 Å². The molecule has 0 heterocycles. The van der Waals surface area contributed by atoms with Crippen LogP contribution in [-0.2, 0) is 0 Å². The molecule has 0 aromatic heterocycles. The number of nitrogens with one attached hydrogen (secondary N) is 1. The molecule has 2 aromatic rings. The number of carbonyl (C=O) groups is 1. The van der Waals surface area contributed by atoms with Crippen molar-refractivity contribution >= 4 is 17.7 Å². The van der Waals surface area contributed by atoms with Crippen LogP contribution in [0.5, 0.6) is 5.75 Å². The standard InChI is InChI=1S/C21H18N2O2/c24-19-9-5-4-8-17(19)21(25)23-22-13-18-15-10-11-16(12-15)20(18)14-6-2-1-3-7-14/h1-11,13,15-16,24H,12H2,(H,23,25)/b22-13-/t15-,16+/m0/s1. The first-order valence-corrected chi connectivity index (χ1v) is 8.33. The number of benzene rings is 2. The van der Waals surface area contributed by atoms with Crippen LogP contribution in [0.3, 0.4) is 0 Å². The Morgan fingerprint density at radius 2 is 1.76 bits per heavy atom. The second-order valence-electron chi connectivity index (χ2n) is 6.28. The highest BCUT2D eigenvalue weighted by Gasteiger charge is 2.34. The van der Waals surface area contributed by atoms with Crippen LogP contribution in [0.25, 0.3) is 5.57 Å². The van der Waals surface area contributed by atoms with Crippen LogP contribution >= 0.6 is 0 Å². The first kappa shape index (κ1) is 15.4. The third-order valence-electron chi connectivity index (χ3n) is 4.77. The Hall–Kier alpha value is -3.14. The minimum absolute atomic E-state index is 0.0535. The Bertz CT molecular complexity index is 897. The predicted molar refractivity (Wildman–Crippen MR) is 98.2 cm³/mol. The van der Waals surface area contributed by atoms with Gasteiger partial charge in [0, 0.05) is 11.8 Å². The monoisotopic (exact) mass is 330 g/mol. The third-order valence-corrected chi connectivity index (χ3v) is 4.77. The van der Waals surface area contributed by atoms with Crippen LogP contribution in [0.15, 0.2) is 77.4 Å². The molecule has 4 nitrogen and oxygen atoms in total. The average molecular weight is 330 g/mol. The van der Waals surface area contributed by atoms with Crippen molar-refractivity contribution in [2.45, 2.75) is 6.42 Å². The molecular formula is C21H18N2O2. The van der Waals surface area contributed by atoms with Crippen LogP contribution in [-0.4, -0.2) is 17.2 Å². The van der Waals surface area contributed by atoms with Gasteiger partial charge in [0.1, 0.15) is 5.75 Å². The van der Waals surface area contributed by atoms with E-state index in [1.165, 1.54) is 17.2 Å². The summed E-state index contributed by atoms with van der Waals surface area (Å²) in [6, 6.07) is 16.7. The number of para-hydroxylation sites is 1. The molecule has 2 aromatic carbocycles. The normalized spacial score (nSPS) is 21.3. The fourth-order valence-corrected chi connectivity index (χ4v) is 3.61. The molecule has 2 aliphatic rings. The smallest absolute Gasteiger partial charge is 0.275 e. The Morgan fingerprint density at radius 3 is 2.56 bits per heavy atom. The van der Waals surface area contributed by atoms with Crippen molar-refractivity contribution in [3.05, 3.63) is 83.4 Å². The second-order valence-corrected chi connectivity index (χ2v) is 6.28. The van der Waals surface area contributed by atoms with Gasteiger partial charge in [-0.25, -0.2) is 5.43 Å². The first-order valence-electron chi connectivity index (χ1n) is 8.33. The van der Waals surface area contributed by atoms with Gasteiger partial charge in [-0.15, -0.1) is 0 Å².